The molecule has 0 amide bonds. The van der Waals surface area contributed by atoms with E-state index in [4.69, 9.17) is 28.4 Å². The number of ether oxygens (including phenoxy) is 6. The minimum Gasteiger partial charge on any atom is -0.497 e. The number of allylic oxidation sites excluding steroid dienone is 1. The van der Waals surface area contributed by atoms with Gasteiger partial charge in [-0.1, -0.05) is 0 Å². The van der Waals surface area contributed by atoms with Crippen molar-refractivity contribution in [2.75, 3.05) is 34.7 Å². The van der Waals surface area contributed by atoms with Crippen LogP contribution >= 0.6 is 0 Å². The fourth-order valence-corrected chi connectivity index (χ4v) is 3.51. The lowest BCUT2D eigenvalue weighted by molar-refractivity contribution is -0.132. The molecular weight excluding hydrogens is 444 g/mol. The van der Waals surface area contributed by atoms with E-state index in [9.17, 15) is 14.7 Å². The summed E-state index contributed by atoms with van der Waals surface area (Å²) in [5.41, 5.74) is 0.589. The van der Waals surface area contributed by atoms with Crippen LogP contribution in [0.3, 0.4) is 0 Å². The monoisotopic (exact) mass is 470 g/mol. The maximum Gasteiger partial charge on any atom is 0.340 e. The Morgan fingerprint density at radius 3 is 2.24 bits per heavy atom. The molecule has 2 aromatic rings. The molecule has 0 aliphatic carbocycles. The number of rotatable bonds is 11. The molecule has 1 aliphatic rings. The van der Waals surface area contributed by atoms with Crippen molar-refractivity contribution in [3.05, 3.63) is 70.7 Å². The van der Waals surface area contributed by atoms with Gasteiger partial charge in [0.2, 0.25) is 12.5 Å². The van der Waals surface area contributed by atoms with E-state index < -0.39 is 11.8 Å². The van der Waals surface area contributed by atoms with Gasteiger partial charge in [-0.25, -0.2) is 4.79 Å². The molecule has 0 bridgehead atoms. The number of benzene rings is 2. The zero-order chi connectivity index (χ0) is 24.7. The van der Waals surface area contributed by atoms with Gasteiger partial charge < -0.3 is 33.5 Å². The summed E-state index contributed by atoms with van der Waals surface area (Å²) >= 11 is 0. The Bertz CT molecular complexity index is 1110. The van der Waals surface area contributed by atoms with Crippen LogP contribution in [0.25, 0.3) is 0 Å². The molecule has 1 N–H and O–H groups in total. The summed E-state index contributed by atoms with van der Waals surface area (Å²) in [6, 6.07) is 9.75. The number of hydrogen-bond donors (Lipinski definition) is 1. The summed E-state index contributed by atoms with van der Waals surface area (Å²) in [6.45, 7) is 2.05. The van der Waals surface area contributed by atoms with Crippen LogP contribution in [0, 0.1) is 0 Å². The number of ketones is 1. The molecule has 3 rings (SSSR count). The molecule has 9 nitrogen and oxygen atoms in total. The average molecular weight is 470 g/mol. The fraction of sp³-hybridized carbons (Fsp3) is 0.280. The van der Waals surface area contributed by atoms with E-state index in [1.165, 1.54) is 27.6 Å². The molecule has 0 aromatic heterocycles. The summed E-state index contributed by atoms with van der Waals surface area (Å²) in [5, 5.41) is 10.0. The Labute approximate surface area is 197 Å². The highest BCUT2D eigenvalue weighted by Gasteiger charge is 2.29. The van der Waals surface area contributed by atoms with Gasteiger partial charge in [-0.05, 0) is 48.9 Å². The molecule has 2 aromatic carbocycles. The van der Waals surface area contributed by atoms with Gasteiger partial charge in [-0.15, -0.1) is 0 Å². The van der Waals surface area contributed by atoms with Gasteiger partial charge in [0, 0.05) is 17.6 Å². The van der Waals surface area contributed by atoms with E-state index in [2.05, 4.69) is 0 Å². The van der Waals surface area contributed by atoms with Crippen molar-refractivity contribution < 1.29 is 43.1 Å². The number of carbonyl (C=O) groups is 2. The Hall–Kier alpha value is -4.14. The summed E-state index contributed by atoms with van der Waals surface area (Å²) < 4.78 is 32.0. The lowest BCUT2D eigenvalue weighted by Crippen LogP contribution is -2.16. The minimum absolute atomic E-state index is 0.00378. The topological polar surface area (TPSA) is 110 Å². The molecule has 0 saturated heterocycles. The van der Waals surface area contributed by atoms with Gasteiger partial charge >= 0.3 is 5.97 Å². The van der Waals surface area contributed by atoms with E-state index in [-0.39, 0.29) is 30.1 Å². The van der Waals surface area contributed by atoms with Crippen molar-refractivity contribution in [1.29, 1.82) is 0 Å². The highest BCUT2D eigenvalue weighted by Crippen LogP contribution is 2.39. The van der Waals surface area contributed by atoms with E-state index >= 15 is 0 Å². The zero-order valence-corrected chi connectivity index (χ0v) is 19.4. The van der Waals surface area contributed by atoms with Gasteiger partial charge in [-0.2, -0.15) is 0 Å². The Balaban J connectivity index is 2.16. The summed E-state index contributed by atoms with van der Waals surface area (Å²) in [7, 11) is 4.49. The lowest BCUT2D eigenvalue weighted by atomic mass is 9.91. The minimum atomic E-state index is -1.32. The van der Waals surface area contributed by atoms with Gasteiger partial charge in [0.15, 0.2) is 23.0 Å². The number of hydrogen-bond acceptors (Lipinski definition) is 8. The summed E-state index contributed by atoms with van der Waals surface area (Å²) in [4.78, 5) is 25.8. The molecule has 180 valence electrons. The van der Waals surface area contributed by atoms with E-state index in [1.807, 2.05) is 6.92 Å². The normalized spacial score (nSPS) is 13.1. The molecule has 0 fully saturated rings. The second-order valence-electron chi connectivity index (χ2n) is 7.07. The number of carboxylic acid groups (broad SMARTS) is 1. The largest absolute Gasteiger partial charge is 0.497 e. The Morgan fingerprint density at radius 1 is 1.00 bits per heavy atom. The first-order chi connectivity index (χ1) is 16.4. The van der Waals surface area contributed by atoms with Crippen LogP contribution in [0.1, 0.15) is 22.8 Å². The van der Waals surface area contributed by atoms with E-state index in [0.717, 1.165) is 0 Å². The zero-order valence-electron chi connectivity index (χ0n) is 19.4. The van der Waals surface area contributed by atoms with Crippen molar-refractivity contribution in [3.63, 3.8) is 0 Å². The predicted octanol–water partition coefficient (Wildman–Crippen LogP) is 3.76. The molecule has 1 aliphatic heterocycles. The molecule has 9 heteroatoms. The first-order valence-corrected chi connectivity index (χ1v) is 10.4. The first kappa shape index (κ1) is 24.5. The highest BCUT2D eigenvalue weighted by molar-refractivity contribution is 6.14. The number of aliphatic carboxylic acids is 1. The third-order valence-electron chi connectivity index (χ3n) is 5.05. The molecule has 0 atom stereocenters. The van der Waals surface area contributed by atoms with Crippen LogP contribution in [-0.2, 0) is 20.7 Å². The number of carboxylic acids is 1. The van der Waals surface area contributed by atoms with Crippen molar-refractivity contribution >= 4 is 11.8 Å². The van der Waals surface area contributed by atoms with Crippen molar-refractivity contribution in [3.8, 4) is 23.0 Å². The van der Waals surface area contributed by atoms with Crippen LogP contribution < -0.4 is 18.9 Å². The third-order valence-corrected chi connectivity index (χ3v) is 5.05. The molecule has 34 heavy (non-hydrogen) atoms. The molecule has 0 radical (unpaired) electrons. The molecule has 1 heterocycles. The molecule has 0 saturated carbocycles. The lowest BCUT2D eigenvalue weighted by Gasteiger charge is -2.17. The van der Waals surface area contributed by atoms with Gasteiger partial charge in [-0.3, -0.25) is 4.79 Å². The van der Waals surface area contributed by atoms with Crippen LogP contribution in [0.2, 0.25) is 0 Å². The second-order valence-corrected chi connectivity index (χ2v) is 7.07. The van der Waals surface area contributed by atoms with Crippen LogP contribution in [0.5, 0.6) is 23.0 Å². The van der Waals surface area contributed by atoms with Crippen molar-refractivity contribution in [2.45, 2.75) is 13.3 Å². The summed E-state index contributed by atoms with van der Waals surface area (Å²) in [5.74, 6) is -0.0765. The SMILES string of the molecule is CCOc1cc(CC(C(=O)c2ccc(OC)cc2)=C(C(=O)O)C2=COCO2)cc(OC)c1OC. The first-order valence-electron chi connectivity index (χ1n) is 10.4. The number of Topliss-reactive ketones (excluding diaryl/α,β-unsaturated/α-hetero) is 1. The maximum atomic E-state index is 13.6. The van der Waals surface area contributed by atoms with E-state index in [0.29, 0.717) is 40.7 Å². The fourth-order valence-electron chi connectivity index (χ4n) is 3.51. The third kappa shape index (κ3) is 5.25. The van der Waals surface area contributed by atoms with Gasteiger partial charge in [0.25, 0.3) is 0 Å². The number of carbonyl (C=O) groups excluding carboxylic acids is 1. The second kappa shape index (κ2) is 11.1. The maximum absolute atomic E-state index is 13.6. The van der Waals surface area contributed by atoms with Crippen LogP contribution in [0.15, 0.2) is 59.6 Å². The standard InChI is InChI=1S/C25H26O9/c1-5-33-20-12-15(11-19(30-3)24(20)31-4)10-18(22(25(27)28)21-13-32-14-34-21)23(26)16-6-8-17(29-2)9-7-16/h6-9,11-13H,5,10,14H2,1-4H3,(H,27,28). The van der Waals surface area contributed by atoms with Crippen LogP contribution in [-0.4, -0.2) is 51.6 Å². The molecular formula is C25H26O9. The van der Waals surface area contributed by atoms with Crippen LogP contribution in [0.4, 0.5) is 0 Å². The predicted molar refractivity (Wildman–Crippen MR) is 122 cm³/mol. The Morgan fingerprint density at radius 2 is 1.71 bits per heavy atom. The number of methoxy groups -OCH3 is 3. The average Bonchev–Trinajstić information content (AvgIpc) is 3.37. The van der Waals surface area contributed by atoms with Gasteiger partial charge in [0.1, 0.15) is 17.6 Å². The Kier molecular flexibility index (Phi) is 8.02. The van der Waals surface area contributed by atoms with E-state index in [1.54, 1.807) is 36.4 Å². The highest BCUT2D eigenvalue weighted by atomic mass is 16.7. The quantitative estimate of drug-likeness (QED) is 0.388. The van der Waals surface area contributed by atoms with Crippen molar-refractivity contribution in [2.24, 2.45) is 0 Å². The van der Waals surface area contributed by atoms with Crippen molar-refractivity contribution in [1.82, 2.24) is 0 Å². The molecule has 0 spiro atoms. The molecule has 0 unspecified atom stereocenters. The van der Waals surface area contributed by atoms with Gasteiger partial charge in [0.05, 0.1) is 27.9 Å². The summed E-state index contributed by atoms with van der Waals surface area (Å²) in [6.07, 6.45) is 1.14. The smallest absolute Gasteiger partial charge is 0.340 e.